The molecule has 2 rings (SSSR count). The highest BCUT2D eigenvalue weighted by molar-refractivity contribution is 5.87. The first-order valence-corrected chi connectivity index (χ1v) is 6.34. The SMILES string of the molecule is Cc1cccc(CN(C)Cc2ccc(C(=O)O)cn2)n1. The van der Waals surface area contributed by atoms with Gasteiger partial charge in [-0.1, -0.05) is 6.07 Å². The maximum absolute atomic E-state index is 10.7. The smallest absolute Gasteiger partial charge is 0.337 e. The summed E-state index contributed by atoms with van der Waals surface area (Å²) in [5, 5.41) is 8.82. The van der Waals surface area contributed by atoms with Gasteiger partial charge in [-0.05, 0) is 38.2 Å². The van der Waals surface area contributed by atoms with E-state index in [1.165, 1.54) is 6.20 Å². The molecule has 5 heteroatoms. The number of nitrogens with zero attached hydrogens (tertiary/aromatic N) is 3. The fraction of sp³-hybridized carbons (Fsp3) is 0.267. The minimum atomic E-state index is -0.957. The van der Waals surface area contributed by atoms with Crippen LogP contribution in [0.4, 0.5) is 0 Å². The second kappa shape index (κ2) is 6.25. The normalized spacial score (nSPS) is 10.8. The molecule has 0 aromatic carbocycles. The summed E-state index contributed by atoms with van der Waals surface area (Å²) in [6.07, 6.45) is 1.39. The van der Waals surface area contributed by atoms with Crippen molar-refractivity contribution in [1.82, 2.24) is 14.9 Å². The molecule has 1 N–H and O–H groups in total. The van der Waals surface area contributed by atoms with Crippen molar-refractivity contribution >= 4 is 5.97 Å². The lowest BCUT2D eigenvalue weighted by Gasteiger charge is -2.15. The summed E-state index contributed by atoms with van der Waals surface area (Å²) in [6, 6.07) is 9.26. The second-order valence-electron chi connectivity index (χ2n) is 4.79. The standard InChI is InChI=1S/C15H17N3O2/c1-11-4-3-5-14(17-11)10-18(2)9-13-7-6-12(8-16-13)15(19)20/h3-8H,9-10H2,1-2H3,(H,19,20). The van der Waals surface area contributed by atoms with Crippen LogP contribution in [0.3, 0.4) is 0 Å². The van der Waals surface area contributed by atoms with Crippen molar-refractivity contribution in [3.05, 3.63) is 59.2 Å². The highest BCUT2D eigenvalue weighted by atomic mass is 16.4. The van der Waals surface area contributed by atoms with Crippen molar-refractivity contribution in [2.45, 2.75) is 20.0 Å². The molecule has 0 spiro atoms. The van der Waals surface area contributed by atoms with E-state index in [9.17, 15) is 4.79 Å². The molecule has 0 aliphatic rings. The molecule has 0 aliphatic heterocycles. The van der Waals surface area contributed by atoms with Gasteiger partial charge in [0.2, 0.25) is 0 Å². The van der Waals surface area contributed by atoms with Crippen LogP contribution in [-0.2, 0) is 13.1 Å². The van der Waals surface area contributed by atoms with Gasteiger partial charge in [-0.15, -0.1) is 0 Å². The number of aromatic carboxylic acids is 1. The highest BCUT2D eigenvalue weighted by Gasteiger charge is 2.06. The number of pyridine rings is 2. The first kappa shape index (κ1) is 14.1. The Kier molecular flexibility index (Phi) is 4.42. The van der Waals surface area contributed by atoms with Gasteiger partial charge in [0.15, 0.2) is 0 Å². The minimum absolute atomic E-state index is 0.205. The maximum atomic E-state index is 10.7. The quantitative estimate of drug-likeness (QED) is 0.902. The van der Waals surface area contributed by atoms with Crippen LogP contribution < -0.4 is 0 Å². The molecule has 2 aromatic rings. The molecule has 0 radical (unpaired) electrons. The van der Waals surface area contributed by atoms with Gasteiger partial charge in [0.05, 0.1) is 17.0 Å². The molecular weight excluding hydrogens is 254 g/mol. The number of carboxylic acids is 1. The van der Waals surface area contributed by atoms with Gasteiger partial charge in [0, 0.05) is 25.0 Å². The molecule has 0 bridgehead atoms. The summed E-state index contributed by atoms with van der Waals surface area (Å²) < 4.78 is 0. The van der Waals surface area contributed by atoms with E-state index in [1.807, 2.05) is 32.2 Å². The van der Waals surface area contributed by atoms with Gasteiger partial charge < -0.3 is 5.11 Å². The summed E-state index contributed by atoms with van der Waals surface area (Å²) in [7, 11) is 1.98. The number of hydrogen-bond acceptors (Lipinski definition) is 4. The number of hydrogen-bond donors (Lipinski definition) is 1. The third-order valence-electron chi connectivity index (χ3n) is 2.88. The number of rotatable bonds is 5. The van der Waals surface area contributed by atoms with Gasteiger partial charge in [0.25, 0.3) is 0 Å². The lowest BCUT2D eigenvalue weighted by atomic mass is 10.2. The summed E-state index contributed by atoms with van der Waals surface area (Å²) in [5.41, 5.74) is 3.05. The average molecular weight is 271 g/mol. The lowest BCUT2D eigenvalue weighted by Crippen LogP contribution is -2.19. The van der Waals surface area contributed by atoms with E-state index in [1.54, 1.807) is 12.1 Å². The van der Waals surface area contributed by atoms with E-state index in [0.717, 1.165) is 23.6 Å². The van der Waals surface area contributed by atoms with Crippen LogP contribution in [0, 0.1) is 6.92 Å². The van der Waals surface area contributed by atoms with Crippen LogP contribution in [0.1, 0.15) is 27.4 Å². The summed E-state index contributed by atoms with van der Waals surface area (Å²) in [5.74, 6) is -0.957. The van der Waals surface area contributed by atoms with Crippen LogP contribution in [-0.4, -0.2) is 33.0 Å². The van der Waals surface area contributed by atoms with Crippen molar-refractivity contribution in [3.8, 4) is 0 Å². The fourth-order valence-electron chi connectivity index (χ4n) is 1.94. The first-order chi connectivity index (χ1) is 9.54. The fourth-order valence-corrected chi connectivity index (χ4v) is 1.94. The van der Waals surface area contributed by atoms with Crippen molar-refractivity contribution < 1.29 is 9.90 Å². The molecule has 5 nitrogen and oxygen atoms in total. The zero-order chi connectivity index (χ0) is 14.5. The van der Waals surface area contributed by atoms with Crippen molar-refractivity contribution in [3.63, 3.8) is 0 Å². The van der Waals surface area contributed by atoms with Crippen molar-refractivity contribution in [2.75, 3.05) is 7.05 Å². The molecule has 0 saturated heterocycles. The Labute approximate surface area is 117 Å². The van der Waals surface area contributed by atoms with Crippen LogP contribution >= 0.6 is 0 Å². The molecule has 0 fully saturated rings. The number of carbonyl (C=O) groups is 1. The van der Waals surface area contributed by atoms with E-state index in [-0.39, 0.29) is 5.56 Å². The Balaban J connectivity index is 1.97. The van der Waals surface area contributed by atoms with Crippen LogP contribution in [0.5, 0.6) is 0 Å². The Bertz CT molecular complexity index is 596. The Morgan fingerprint density at radius 3 is 2.55 bits per heavy atom. The highest BCUT2D eigenvalue weighted by Crippen LogP contribution is 2.07. The third kappa shape index (κ3) is 3.86. The molecule has 104 valence electrons. The predicted molar refractivity (Wildman–Crippen MR) is 75.3 cm³/mol. The lowest BCUT2D eigenvalue weighted by molar-refractivity contribution is 0.0696. The van der Waals surface area contributed by atoms with Crippen molar-refractivity contribution in [1.29, 1.82) is 0 Å². The zero-order valence-corrected chi connectivity index (χ0v) is 11.6. The monoisotopic (exact) mass is 271 g/mol. The summed E-state index contributed by atoms with van der Waals surface area (Å²) in [4.78, 5) is 21.4. The minimum Gasteiger partial charge on any atom is -0.478 e. The average Bonchev–Trinajstić information content (AvgIpc) is 2.39. The van der Waals surface area contributed by atoms with E-state index in [0.29, 0.717) is 6.54 Å². The van der Waals surface area contributed by atoms with E-state index in [4.69, 9.17) is 5.11 Å². The Hall–Kier alpha value is -2.27. The maximum Gasteiger partial charge on any atom is 0.337 e. The molecule has 0 amide bonds. The van der Waals surface area contributed by atoms with Gasteiger partial charge >= 0.3 is 5.97 Å². The second-order valence-corrected chi connectivity index (χ2v) is 4.79. The van der Waals surface area contributed by atoms with Crippen LogP contribution in [0.2, 0.25) is 0 Å². The molecule has 20 heavy (non-hydrogen) atoms. The predicted octanol–water partition coefficient (Wildman–Crippen LogP) is 2.12. The van der Waals surface area contributed by atoms with E-state index >= 15 is 0 Å². The van der Waals surface area contributed by atoms with Gasteiger partial charge in [-0.2, -0.15) is 0 Å². The van der Waals surface area contributed by atoms with Crippen LogP contribution in [0.25, 0.3) is 0 Å². The zero-order valence-electron chi connectivity index (χ0n) is 11.6. The Morgan fingerprint density at radius 1 is 1.20 bits per heavy atom. The van der Waals surface area contributed by atoms with Gasteiger partial charge in [-0.3, -0.25) is 14.9 Å². The number of aryl methyl sites for hydroxylation is 1. The summed E-state index contributed by atoms with van der Waals surface area (Å²) >= 11 is 0. The topological polar surface area (TPSA) is 66.3 Å². The number of carboxylic acid groups (broad SMARTS) is 1. The molecular formula is C15H17N3O2. The molecule has 0 aliphatic carbocycles. The van der Waals surface area contributed by atoms with Crippen LogP contribution in [0.15, 0.2) is 36.5 Å². The van der Waals surface area contributed by atoms with E-state index in [2.05, 4.69) is 14.9 Å². The molecule has 0 saturated carbocycles. The van der Waals surface area contributed by atoms with Gasteiger partial charge in [0.1, 0.15) is 0 Å². The number of aromatic nitrogens is 2. The molecule has 2 aromatic heterocycles. The molecule has 0 atom stereocenters. The molecule has 0 unspecified atom stereocenters. The molecule has 2 heterocycles. The first-order valence-electron chi connectivity index (χ1n) is 6.34. The van der Waals surface area contributed by atoms with Gasteiger partial charge in [-0.25, -0.2) is 4.79 Å². The third-order valence-corrected chi connectivity index (χ3v) is 2.88. The summed E-state index contributed by atoms with van der Waals surface area (Å²) in [6.45, 7) is 3.34. The largest absolute Gasteiger partial charge is 0.478 e. The van der Waals surface area contributed by atoms with Crippen molar-refractivity contribution in [2.24, 2.45) is 0 Å². The Morgan fingerprint density at radius 2 is 1.95 bits per heavy atom. The van der Waals surface area contributed by atoms with E-state index < -0.39 is 5.97 Å².